The number of nitrogens with zero attached hydrogens (tertiary/aromatic N) is 2. The van der Waals surface area contributed by atoms with Gasteiger partial charge in [-0.05, 0) is 6.07 Å². The highest BCUT2D eigenvalue weighted by atomic mass is 19.1. The Hall–Kier alpha value is -2.11. The fraction of sp³-hybridized carbons (Fsp3) is 0.111. The molecular formula is C9H9FN4O. The molecule has 0 unspecified atom stereocenters. The van der Waals surface area contributed by atoms with Crippen LogP contribution in [0.5, 0.6) is 0 Å². The predicted molar refractivity (Wildman–Crippen MR) is 53.6 cm³/mol. The minimum absolute atomic E-state index is 0.130. The second-order valence-electron chi connectivity index (χ2n) is 3.16. The van der Waals surface area contributed by atoms with Gasteiger partial charge in [0, 0.05) is 24.9 Å². The topological polar surface area (TPSA) is 76.7 Å². The number of aromatic nitrogens is 3. The average molecular weight is 208 g/mol. The summed E-state index contributed by atoms with van der Waals surface area (Å²) in [6.45, 7) is 0. The third-order valence-electron chi connectivity index (χ3n) is 2.13. The molecule has 0 atom stereocenters. The van der Waals surface area contributed by atoms with E-state index in [0.29, 0.717) is 5.56 Å². The second kappa shape index (κ2) is 3.23. The van der Waals surface area contributed by atoms with E-state index in [1.165, 1.54) is 10.6 Å². The molecule has 15 heavy (non-hydrogen) atoms. The molecule has 0 aliphatic carbocycles. The van der Waals surface area contributed by atoms with Crippen LogP contribution in [0.25, 0.3) is 11.3 Å². The number of nitrogens with one attached hydrogen (secondary N) is 1. The molecule has 2 heterocycles. The number of anilines is 1. The van der Waals surface area contributed by atoms with Crippen molar-refractivity contribution >= 4 is 5.82 Å². The van der Waals surface area contributed by atoms with Gasteiger partial charge in [-0.2, -0.15) is 5.10 Å². The number of hydrogen-bond donors (Lipinski definition) is 2. The number of rotatable bonds is 1. The summed E-state index contributed by atoms with van der Waals surface area (Å²) in [5.41, 5.74) is 5.58. The van der Waals surface area contributed by atoms with Gasteiger partial charge in [0.1, 0.15) is 5.69 Å². The third kappa shape index (κ3) is 1.50. The van der Waals surface area contributed by atoms with Crippen molar-refractivity contribution in [2.45, 2.75) is 0 Å². The van der Waals surface area contributed by atoms with Gasteiger partial charge in [-0.3, -0.25) is 9.89 Å². The molecule has 5 nitrogen and oxygen atoms in total. The van der Waals surface area contributed by atoms with Crippen molar-refractivity contribution in [2.24, 2.45) is 7.05 Å². The van der Waals surface area contributed by atoms with Crippen molar-refractivity contribution in [3.63, 3.8) is 0 Å². The second-order valence-corrected chi connectivity index (χ2v) is 3.16. The number of nitrogens with two attached hydrogens (primary N) is 1. The number of pyridine rings is 1. The normalized spacial score (nSPS) is 10.5. The van der Waals surface area contributed by atoms with Crippen molar-refractivity contribution < 1.29 is 4.39 Å². The lowest BCUT2D eigenvalue weighted by Gasteiger charge is -1.99. The van der Waals surface area contributed by atoms with E-state index < -0.39 is 5.82 Å². The lowest BCUT2D eigenvalue weighted by atomic mass is 10.2. The van der Waals surface area contributed by atoms with Crippen LogP contribution in [0.15, 0.2) is 23.1 Å². The monoisotopic (exact) mass is 208 g/mol. The zero-order valence-corrected chi connectivity index (χ0v) is 7.99. The zero-order valence-electron chi connectivity index (χ0n) is 7.99. The molecule has 3 N–H and O–H groups in total. The Morgan fingerprint density at radius 1 is 1.60 bits per heavy atom. The van der Waals surface area contributed by atoms with Gasteiger partial charge in [-0.25, -0.2) is 4.39 Å². The average Bonchev–Trinajstić information content (AvgIpc) is 2.53. The first kappa shape index (κ1) is 9.45. The number of aromatic amines is 1. The van der Waals surface area contributed by atoms with Crippen LogP contribution in [0.3, 0.4) is 0 Å². The van der Waals surface area contributed by atoms with E-state index in [1.54, 1.807) is 19.3 Å². The van der Waals surface area contributed by atoms with Crippen LogP contribution in [0, 0.1) is 5.82 Å². The molecule has 78 valence electrons. The van der Waals surface area contributed by atoms with E-state index in [0.717, 1.165) is 0 Å². The maximum absolute atomic E-state index is 13.4. The fourth-order valence-corrected chi connectivity index (χ4v) is 1.24. The summed E-state index contributed by atoms with van der Waals surface area (Å²) in [4.78, 5) is 11.3. The summed E-state index contributed by atoms with van der Waals surface area (Å²) in [6, 6.07) is 2.92. The van der Waals surface area contributed by atoms with Crippen LogP contribution in [-0.2, 0) is 7.05 Å². The molecule has 0 aliphatic heterocycles. The maximum Gasteiger partial charge on any atom is 0.250 e. The predicted octanol–water partition coefficient (Wildman–Crippen LogP) is 0.497. The van der Waals surface area contributed by atoms with Crippen molar-refractivity contribution in [3.05, 3.63) is 34.5 Å². The highest BCUT2D eigenvalue weighted by molar-refractivity contribution is 5.62. The highest BCUT2D eigenvalue weighted by Gasteiger charge is 2.12. The van der Waals surface area contributed by atoms with Gasteiger partial charge >= 0.3 is 0 Å². The molecule has 2 aromatic rings. The Kier molecular flexibility index (Phi) is 2.03. The Labute approximate surface area is 84.3 Å². The largest absolute Gasteiger partial charge is 0.380 e. The van der Waals surface area contributed by atoms with Gasteiger partial charge in [0.15, 0.2) is 11.6 Å². The highest BCUT2D eigenvalue weighted by Crippen LogP contribution is 2.21. The molecule has 0 amide bonds. The molecule has 0 radical (unpaired) electrons. The number of H-pyrrole nitrogens is 1. The van der Waals surface area contributed by atoms with Crippen LogP contribution >= 0.6 is 0 Å². The van der Waals surface area contributed by atoms with Gasteiger partial charge in [0.05, 0.1) is 0 Å². The van der Waals surface area contributed by atoms with E-state index in [1.807, 2.05) is 0 Å². The van der Waals surface area contributed by atoms with Crippen LogP contribution in [0.1, 0.15) is 0 Å². The zero-order chi connectivity index (χ0) is 11.0. The van der Waals surface area contributed by atoms with Crippen LogP contribution in [0.4, 0.5) is 10.2 Å². The van der Waals surface area contributed by atoms with Crippen molar-refractivity contribution in [2.75, 3.05) is 5.73 Å². The molecule has 0 bridgehead atoms. The van der Waals surface area contributed by atoms with Crippen molar-refractivity contribution in [1.82, 2.24) is 14.8 Å². The van der Waals surface area contributed by atoms with E-state index in [4.69, 9.17) is 5.73 Å². The SMILES string of the molecule is Cn1ccc(-c2[nH]nc(N)c2F)cc1=O. The fourth-order valence-electron chi connectivity index (χ4n) is 1.24. The van der Waals surface area contributed by atoms with Crippen LogP contribution in [-0.4, -0.2) is 14.8 Å². The Morgan fingerprint density at radius 3 is 2.87 bits per heavy atom. The summed E-state index contributed by atoms with van der Waals surface area (Å²) in [5.74, 6) is -0.839. The number of aryl methyl sites for hydroxylation is 1. The van der Waals surface area contributed by atoms with Crippen molar-refractivity contribution in [3.8, 4) is 11.3 Å². The first-order valence-corrected chi connectivity index (χ1v) is 4.26. The van der Waals surface area contributed by atoms with Crippen LogP contribution < -0.4 is 11.3 Å². The molecule has 0 spiro atoms. The van der Waals surface area contributed by atoms with E-state index in [9.17, 15) is 9.18 Å². The number of halogens is 1. The summed E-state index contributed by atoms with van der Waals surface area (Å²) >= 11 is 0. The summed E-state index contributed by atoms with van der Waals surface area (Å²) < 4.78 is 14.7. The molecule has 2 rings (SSSR count). The standard InChI is InChI=1S/C9H9FN4O/c1-14-3-2-5(4-6(14)15)8-7(10)9(11)13-12-8/h2-4H,1H3,(H3,11,12,13). The van der Waals surface area contributed by atoms with Crippen LogP contribution in [0.2, 0.25) is 0 Å². The Morgan fingerprint density at radius 2 is 2.33 bits per heavy atom. The van der Waals surface area contributed by atoms with Gasteiger partial charge in [-0.15, -0.1) is 0 Å². The molecule has 2 aromatic heterocycles. The first-order chi connectivity index (χ1) is 7.09. The molecule has 0 fully saturated rings. The first-order valence-electron chi connectivity index (χ1n) is 4.26. The smallest absolute Gasteiger partial charge is 0.250 e. The quantitative estimate of drug-likeness (QED) is 0.716. The maximum atomic E-state index is 13.4. The van der Waals surface area contributed by atoms with E-state index >= 15 is 0 Å². The number of hydrogen-bond acceptors (Lipinski definition) is 3. The minimum atomic E-state index is -0.636. The Bertz CT molecular complexity index is 557. The molecule has 0 aliphatic rings. The van der Waals surface area contributed by atoms with E-state index in [-0.39, 0.29) is 17.1 Å². The van der Waals surface area contributed by atoms with Gasteiger partial charge in [-0.1, -0.05) is 0 Å². The third-order valence-corrected chi connectivity index (χ3v) is 2.13. The molecule has 0 saturated carbocycles. The summed E-state index contributed by atoms with van der Waals surface area (Å²) in [7, 11) is 1.61. The minimum Gasteiger partial charge on any atom is -0.380 e. The molecule has 6 heteroatoms. The lowest BCUT2D eigenvalue weighted by molar-refractivity contribution is 0.636. The van der Waals surface area contributed by atoms with Crippen molar-refractivity contribution in [1.29, 1.82) is 0 Å². The van der Waals surface area contributed by atoms with E-state index in [2.05, 4.69) is 10.2 Å². The lowest BCUT2D eigenvalue weighted by Crippen LogP contribution is -2.14. The summed E-state index contributed by atoms with van der Waals surface area (Å²) in [6.07, 6.45) is 1.55. The summed E-state index contributed by atoms with van der Waals surface area (Å²) in [5, 5.41) is 5.95. The number of nitrogen functional groups attached to an aromatic ring is 1. The van der Waals surface area contributed by atoms with Gasteiger partial charge in [0.2, 0.25) is 0 Å². The molecule has 0 saturated heterocycles. The van der Waals surface area contributed by atoms with Gasteiger partial charge < -0.3 is 10.3 Å². The van der Waals surface area contributed by atoms with Gasteiger partial charge in [0.25, 0.3) is 5.56 Å². The Balaban J connectivity index is 2.60. The molecular weight excluding hydrogens is 199 g/mol. The molecule has 0 aromatic carbocycles.